The Bertz CT molecular complexity index is 945. The van der Waals surface area contributed by atoms with Gasteiger partial charge >= 0.3 is 0 Å². The highest BCUT2D eigenvalue weighted by Crippen LogP contribution is 2.34. The van der Waals surface area contributed by atoms with Crippen LogP contribution in [0, 0.1) is 5.92 Å². The molecule has 1 aliphatic carbocycles. The number of ether oxygens (including phenoxy) is 1. The van der Waals surface area contributed by atoms with E-state index >= 15 is 0 Å². The predicted molar refractivity (Wildman–Crippen MR) is 105 cm³/mol. The summed E-state index contributed by atoms with van der Waals surface area (Å²) in [6.07, 6.45) is 4.17. The topological polar surface area (TPSA) is 56.2 Å². The van der Waals surface area contributed by atoms with Crippen molar-refractivity contribution in [2.75, 3.05) is 7.11 Å². The Morgan fingerprint density at radius 1 is 1.15 bits per heavy atom. The maximum Gasteiger partial charge on any atom is 0.255 e. The zero-order valence-corrected chi connectivity index (χ0v) is 15.6. The van der Waals surface area contributed by atoms with Gasteiger partial charge in [0.2, 0.25) is 0 Å². The lowest BCUT2D eigenvalue weighted by molar-refractivity contribution is 0.0936. The molecule has 5 heteroatoms. The average molecular weight is 361 g/mol. The average Bonchev–Trinajstić information content (AvgIpc) is 3.47. The summed E-state index contributed by atoms with van der Waals surface area (Å²) in [6.45, 7) is 2.07. The minimum absolute atomic E-state index is 0.0995. The van der Waals surface area contributed by atoms with Gasteiger partial charge in [-0.1, -0.05) is 30.3 Å². The molecule has 138 valence electrons. The van der Waals surface area contributed by atoms with E-state index in [4.69, 9.17) is 9.84 Å². The van der Waals surface area contributed by atoms with Crippen LogP contribution in [0.5, 0.6) is 5.75 Å². The summed E-state index contributed by atoms with van der Waals surface area (Å²) in [5.74, 6) is 1.19. The molecule has 1 aliphatic rings. The zero-order valence-electron chi connectivity index (χ0n) is 15.6. The number of rotatable bonds is 6. The van der Waals surface area contributed by atoms with Crippen molar-refractivity contribution in [3.8, 4) is 22.7 Å². The SMILES string of the molecule is COc1ccccc1-c1nn(-c2ccccc2)cc1C(=O)N[C@@H](C)C1CC1. The van der Waals surface area contributed by atoms with Crippen LogP contribution in [0.4, 0.5) is 0 Å². The number of benzene rings is 2. The highest BCUT2D eigenvalue weighted by Gasteiger charge is 2.30. The van der Waals surface area contributed by atoms with E-state index in [2.05, 4.69) is 12.2 Å². The van der Waals surface area contributed by atoms with Crippen molar-refractivity contribution in [3.63, 3.8) is 0 Å². The van der Waals surface area contributed by atoms with Crippen LogP contribution in [0.25, 0.3) is 16.9 Å². The first-order chi connectivity index (χ1) is 13.2. The van der Waals surface area contributed by atoms with Gasteiger partial charge in [0.1, 0.15) is 11.4 Å². The molecular weight excluding hydrogens is 338 g/mol. The summed E-state index contributed by atoms with van der Waals surface area (Å²) in [5, 5.41) is 7.86. The van der Waals surface area contributed by atoms with Crippen LogP contribution in [0.3, 0.4) is 0 Å². The van der Waals surface area contributed by atoms with Gasteiger partial charge in [-0.3, -0.25) is 4.79 Å². The number of para-hydroxylation sites is 2. The van der Waals surface area contributed by atoms with Gasteiger partial charge < -0.3 is 10.1 Å². The largest absolute Gasteiger partial charge is 0.496 e. The number of carbonyl (C=O) groups is 1. The Labute approximate surface area is 159 Å². The van der Waals surface area contributed by atoms with Gasteiger partial charge in [-0.15, -0.1) is 0 Å². The first-order valence-electron chi connectivity index (χ1n) is 9.26. The van der Waals surface area contributed by atoms with E-state index in [0.29, 0.717) is 22.9 Å². The monoisotopic (exact) mass is 361 g/mol. The van der Waals surface area contributed by atoms with Gasteiger partial charge in [-0.25, -0.2) is 4.68 Å². The second-order valence-electron chi connectivity index (χ2n) is 6.97. The maximum atomic E-state index is 13.0. The number of nitrogens with zero attached hydrogens (tertiary/aromatic N) is 2. The van der Waals surface area contributed by atoms with Gasteiger partial charge in [-0.05, 0) is 49.9 Å². The molecule has 0 unspecified atom stereocenters. The van der Waals surface area contributed by atoms with E-state index in [1.165, 1.54) is 12.8 Å². The number of methoxy groups -OCH3 is 1. The fraction of sp³-hybridized carbons (Fsp3) is 0.273. The van der Waals surface area contributed by atoms with E-state index < -0.39 is 0 Å². The molecule has 27 heavy (non-hydrogen) atoms. The molecule has 1 atom stereocenters. The number of carbonyl (C=O) groups excluding carboxylic acids is 1. The number of aromatic nitrogens is 2. The van der Waals surface area contributed by atoms with Crippen LogP contribution >= 0.6 is 0 Å². The van der Waals surface area contributed by atoms with Gasteiger partial charge in [0.25, 0.3) is 5.91 Å². The molecule has 0 saturated heterocycles. The van der Waals surface area contributed by atoms with Crippen LogP contribution in [-0.4, -0.2) is 28.8 Å². The Morgan fingerprint density at radius 3 is 2.56 bits per heavy atom. The first kappa shape index (κ1) is 17.3. The van der Waals surface area contributed by atoms with Crippen molar-refractivity contribution >= 4 is 5.91 Å². The van der Waals surface area contributed by atoms with Gasteiger partial charge in [0.05, 0.1) is 18.4 Å². The molecule has 4 rings (SSSR count). The Hall–Kier alpha value is -3.08. The molecule has 1 N–H and O–H groups in total. The summed E-state index contributed by atoms with van der Waals surface area (Å²) in [4.78, 5) is 13.0. The Morgan fingerprint density at radius 2 is 1.85 bits per heavy atom. The third-order valence-corrected chi connectivity index (χ3v) is 5.03. The van der Waals surface area contributed by atoms with Crippen LogP contribution in [0.2, 0.25) is 0 Å². The molecule has 1 saturated carbocycles. The molecular formula is C22H23N3O2. The van der Waals surface area contributed by atoms with Crippen molar-refractivity contribution in [3.05, 3.63) is 66.4 Å². The molecule has 1 amide bonds. The van der Waals surface area contributed by atoms with Crippen LogP contribution < -0.4 is 10.1 Å². The fourth-order valence-electron chi connectivity index (χ4n) is 3.29. The Kier molecular flexibility index (Phi) is 4.67. The Balaban J connectivity index is 1.77. The molecule has 1 aromatic heterocycles. The number of hydrogen-bond acceptors (Lipinski definition) is 3. The summed E-state index contributed by atoms with van der Waals surface area (Å²) in [7, 11) is 1.63. The van der Waals surface area contributed by atoms with Crippen LogP contribution in [-0.2, 0) is 0 Å². The summed E-state index contributed by atoms with van der Waals surface area (Å²) >= 11 is 0. The van der Waals surface area contributed by atoms with Gasteiger partial charge in [-0.2, -0.15) is 5.10 Å². The highest BCUT2D eigenvalue weighted by molar-refractivity contribution is 6.00. The van der Waals surface area contributed by atoms with Crippen LogP contribution in [0.15, 0.2) is 60.8 Å². The number of amides is 1. The summed E-state index contributed by atoms with van der Waals surface area (Å²) in [6, 6.07) is 17.6. The number of nitrogens with one attached hydrogen (secondary N) is 1. The van der Waals surface area contributed by atoms with Crippen molar-refractivity contribution in [1.82, 2.24) is 15.1 Å². The minimum Gasteiger partial charge on any atom is -0.496 e. The van der Waals surface area contributed by atoms with Gasteiger partial charge in [0.15, 0.2) is 0 Å². The van der Waals surface area contributed by atoms with E-state index in [1.807, 2.05) is 54.6 Å². The van der Waals surface area contributed by atoms with E-state index in [1.54, 1.807) is 18.0 Å². The third kappa shape index (κ3) is 3.58. The molecule has 5 nitrogen and oxygen atoms in total. The predicted octanol–water partition coefficient (Wildman–Crippen LogP) is 4.08. The maximum absolute atomic E-state index is 13.0. The van der Waals surface area contributed by atoms with Gasteiger partial charge in [0, 0.05) is 17.8 Å². The minimum atomic E-state index is -0.0995. The first-order valence-corrected chi connectivity index (χ1v) is 9.26. The van der Waals surface area contributed by atoms with E-state index in [-0.39, 0.29) is 11.9 Å². The molecule has 1 heterocycles. The smallest absolute Gasteiger partial charge is 0.255 e. The lowest BCUT2D eigenvalue weighted by atomic mass is 10.1. The lowest BCUT2D eigenvalue weighted by Gasteiger charge is -2.13. The number of hydrogen-bond donors (Lipinski definition) is 1. The van der Waals surface area contributed by atoms with Crippen LogP contribution in [0.1, 0.15) is 30.1 Å². The molecule has 0 radical (unpaired) electrons. The summed E-state index contributed by atoms with van der Waals surface area (Å²) < 4.78 is 7.25. The second-order valence-corrected chi connectivity index (χ2v) is 6.97. The molecule has 2 aromatic carbocycles. The normalized spacial score (nSPS) is 14.6. The standard InChI is InChI=1S/C22H23N3O2/c1-15(16-12-13-16)23-22(26)19-14-25(17-8-4-3-5-9-17)24-21(19)18-10-6-7-11-20(18)27-2/h3-11,14-16H,12-13H2,1-2H3,(H,23,26)/t15-/m0/s1. The molecule has 0 bridgehead atoms. The third-order valence-electron chi connectivity index (χ3n) is 5.03. The fourth-order valence-corrected chi connectivity index (χ4v) is 3.29. The quantitative estimate of drug-likeness (QED) is 0.720. The highest BCUT2D eigenvalue weighted by atomic mass is 16.5. The van der Waals surface area contributed by atoms with Crippen molar-refractivity contribution in [1.29, 1.82) is 0 Å². The molecule has 0 aliphatic heterocycles. The molecule has 1 fully saturated rings. The van der Waals surface area contributed by atoms with Crippen molar-refractivity contribution in [2.45, 2.75) is 25.8 Å². The van der Waals surface area contributed by atoms with Crippen molar-refractivity contribution < 1.29 is 9.53 Å². The molecule has 3 aromatic rings. The van der Waals surface area contributed by atoms with E-state index in [0.717, 1.165) is 11.3 Å². The lowest BCUT2D eigenvalue weighted by Crippen LogP contribution is -2.34. The summed E-state index contributed by atoms with van der Waals surface area (Å²) in [5.41, 5.74) is 2.88. The second kappa shape index (κ2) is 7.27. The van der Waals surface area contributed by atoms with Crippen molar-refractivity contribution in [2.24, 2.45) is 5.92 Å². The zero-order chi connectivity index (χ0) is 18.8. The molecule has 0 spiro atoms. The van der Waals surface area contributed by atoms with E-state index in [9.17, 15) is 4.79 Å².